The minimum atomic E-state index is -4.22. The molecule has 4 nitrogen and oxygen atoms in total. The Morgan fingerprint density at radius 3 is 2.59 bits per heavy atom. The van der Waals surface area contributed by atoms with Gasteiger partial charge in [0.2, 0.25) is 0 Å². The first-order valence-electron chi connectivity index (χ1n) is 5.34. The lowest BCUT2D eigenvalue weighted by molar-refractivity contribution is -0.728. The van der Waals surface area contributed by atoms with Gasteiger partial charge in [-0.15, -0.1) is 0 Å². The van der Waals surface area contributed by atoms with Crippen LogP contribution < -0.4 is 4.57 Å². The second-order valence-electron chi connectivity index (χ2n) is 3.97. The second kappa shape index (κ2) is 4.09. The minimum Gasteiger partial charge on any atom is -0.277 e. The molecular formula is C12H14NO3S+. The van der Waals surface area contributed by atoms with Gasteiger partial charge in [0, 0.05) is 6.07 Å². The third kappa shape index (κ3) is 2.16. The second-order valence-corrected chi connectivity index (χ2v) is 5.31. The zero-order valence-corrected chi connectivity index (χ0v) is 10.5. The molecule has 1 N–H and O–H groups in total. The molecule has 0 aliphatic rings. The summed E-state index contributed by atoms with van der Waals surface area (Å²) in [5.41, 5.74) is 1.05. The van der Waals surface area contributed by atoms with Crippen molar-refractivity contribution in [3.63, 3.8) is 0 Å². The summed E-state index contributed by atoms with van der Waals surface area (Å²) in [7, 11) is -4.22. The van der Waals surface area contributed by atoms with E-state index in [2.05, 4.69) is 0 Å². The molecule has 1 heterocycles. The summed E-state index contributed by atoms with van der Waals surface area (Å²) in [6, 6.07) is 7.29. The Morgan fingerprint density at radius 1 is 1.29 bits per heavy atom. The normalized spacial score (nSPS) is 11.9. The number of pyridine rings is 1. The van der Waals surface area contributed by atoms with Gasteiger partial charge in [0.15, 0.2) is 6.20 Å². The molecule has 90 valence electrons. The number of aryl methyl sites for hydroxylation is 2. The van der Waals surface area contributed by atoms with Crippen molar-refractivity contribution >= 4 is 20.9 Å². The summed E-state index contributed by atoms with van der Waals surface area (Å²) in [5.74, 6) is 0. The van der Waals surface area contributed by atoms with Crippen LogP contribution in [0.15, 0.2) is 35.5 Å². The number of fused-ring (bicyclic) bond motifs is 1. The monoisotopic (exact) mass is 252 g/mol. The van der Waals surface area contributed by atoms with Crippen molar-refractivity contribution in [3.05, 3.63) is 36.0 Å². The van der Waals surface area contributed by atoms with E-state index in [1.54, 1.807) is 12.3 Å². The number of hydrogen-bond donors (Lipinski definition) is 1. The lowest BCUT2D eigenvalue weighted by Crippen LogP contribution is -2.38. The third-order valence-electron chi connectivity index (χ3n) is 2.72. The standard InChI is InChI=1S/C12H13NO3S/c1-3-13-7-6-10-8-9(2)4-5-11(10)12(13)17(14,15)16/h4-8H,3H2,1-2H3/p+1. The van der Waals surface area contributed by atoms with E-state index in [-0.39, 0.29) is 5.03 Å². The van der Waals surface area contributed by atoms with Gasteiger partial charge in [-0.2, -0.15) is 13.0 Å². The molecule has 0 amide bonds. The molecule has 0 fully saturated rings. The Balaban J connectivity index is 2.94. The lowest BCUT2D eigenvalue weighted by Gasteiger charge is -2.04. The van der Waals surface area contributed by atoms with Gasteiger partial charge in [0.25, 0.3) is 0 Å². The largest absolute Gasteiger partial charge is 0.356 e. The SMILES string of the molecule is CC[n+]1ccc2cc(C)ccc2c1S(=O)(=O)O. The molecule has 0 atom stereocenters. The van der Waals surface area contributed by atoms with Gasteiger partial charge in [-0.3, -0.25) is 4.55 Å². The molecule has 0 saturated carbocycles. The van der Waals surface area contributed by atoms with Crippen LogP contribution >= 0.6 is 0 Å². The van der Waals surface area contributed by atoms with Crippen molar-refractivity contribution in [3.8, 4) is 0 Å². The highest BCUT2D eigenvalue weighted by Gasteiger charge is 2.26. The molecule has 1 aromatic heterocycles. The van der Waals surface area contributed by atoms with Crippen LogP contribution in [0, 0.1) is 6.92 Å². The summed E-state index contributed by atoms with van der Waals surface area (Å²) < 4.78 is 33.7. The van der Waals surface area contributed by atoms with Crippen molar-refractivity contribution in [2.75, 3.05) is 0 Å². The topological polar surface area (TPSA) is 58.2 Å². The zero-order chi connectivity index (χ0) is 12.6. The van der Waals surface area contributed by atoms with Crippen molar-refractivity contribution in [1.29, 1.82) is 0 Å². The molecule has 0 bridgehead atoms. The molecular weight excluding hydrogens is 238 g/mol. The predicted octanol–water partition coefficient (Wildman–Crippen LogP) is 1.70. The van der Waals surface area contributed by atoms with E-state index in [0.29, 0.717) is 11.9 Å². The number of aromatic nitrogens is 1. The van der Waals surface area contributed by atoms with Crippen molar-refractivity contribution in [1.82, 2.24) is 0 Å². The van der Waals surface area contributed by atoms with E-state index in [1.165, 1.54) is 4.57 Å². The van der Waals surface area contributed by atoms with E-state index in [0.717, 1.165) is 10.9 Å². The Kier molecular flexibility index (Phi) is 2.89. The highest BCUT2D eigenvalue weighted by atomic mass is 32.2. The fraction of sp³-hybridized carbons (Fsp3) is 0.250. The first kappa shape index (κ1) is 12.0. The van der Waals surface area contributed by atoms with E-state index >= 15 is 0 Å². The van der Waals surface area contributed by atoms with Gasteiger partial charge < -0.3 is 0 Å². The van der Waals surface area contributed by atoms with Gasteiger partial charge >= 0.3 is 15.1 Å². The molecule has 0 spiro atoms. The van der Waals surface area contributed by atoms with E-state index < -0.39 is 10.1 Å². The zero-order valence-electron chi connectivity index (χ0n) is 9.71. The van der Waals surface area contributed by atoms with Gasteiger partial charge in [-0.05, 0) is 25.3 Å². The summed E-state index contributed by atoms with van der Waals surface area (Å²) in [4.78, 5) is 0. The Labute approximate surface area is 100 Å². The first-order chi connectivity index (χ1) is 7.93. The molecule has 0 unspecified atom stereocenters. The Morgan fingerprint density at radius 2 is 2.00 bits per heavy atom. The number of hydrogen-bond acceptors (Lipinski definition) is 2. The maximum absolute atomic E-state index is 11.4. The number of rotatable bonds is 2. The van der Waals surface area contributed by atoms with Crippen molar-refractivity contribution < 1.29 is 17.5 Å². The average Bonchev–Trinajstić information content (AvgIpc) is 2.25. The summed E-state index contributed by atoms with van der Waals surface area (Å²) >= 11 is 0. The quantitative estimate of drug-likeness (QED) is 0.653. The minimum absolute atomic E-state index is 0.0440. The van der Waals surface area contributed by atoms with Crippen LogP contribution in [0.25, 0.3) is 10.8 Å². The highest BCUT2D eigenvalue weighted by molar-refractivity contribution is 7.85. The molecule has 5 heteroatoms. The molecule has 2 aromatic rings. The molecule has 0 radical (unpaired) electrons. The van der Waals surface area contributed by atoms with Gasteiger partial charge in [0.1, 0.15) is 6.54 Å². The Hall–Kier alpha value is -1.46. The molecule has 17 heavy (non-hydrogen) atoms. The third-order valence-corrected chi connectivity index (χ3v) is 3.66. The van der Waals surface area contributed by atoms with Crippen LogP contribution in [0.4, 0.5) is 0 Å². The van der Waals surface area contributed by atoms with Crippen LogP contribution in [-0.2, 0) is 16.7 Å². The van der Waals surface area contributed by atoms with Gasteiger partial charge in [-0.25, -0.2) is 0 Å². The molecule has 0 aliphatic heterocycles. The van der Waals surface area contributed by atoms with Crippen LogP contribution in [0.2, 0.25) is 0 Å². The molecule has 0 aliphatic carbocycles. The van der Waals surface area contributed by atoms with E-state index in [4.69, 9.17) is 0 Å². The van der Waals surface area contributed by atoms with Gasteiger partial charge in [-0.1, -0.05) is 17.7 Å². The van der Waals surface area contributed by atoms with E-state index in [9.17, 15) is 13.0 Å². The molecule has 2 rings (SSSR count). The highest BCUT2D eigenvalue weighted by Crippen LogP contribution is 2.20. The molecule has 1 aromatic carbocycles. The maximum atomic E-state index is 11.4. The first-order valence-corrected chi connectivity index (χ1v) is 6.78. The predicted molar refractivity (Wildman–Crippen MR) is 64.4 cm³/mol. The summed E-state index contributed by atoms with van der Waals surface area (Å²) in [6.45, 7) is 4.25. The fourth-order valence-electron chi connectivity index (χ4n) is 1.94. The number of nitrogens with zero attached hydrogens (tertiary/aromatic N) is 1. The summed E-state index contributed by atoms with van der Waals surface area (Å²) in [5, 5.41) is 1.31. The maximum Gasteiger partial charge on any atom is 0.356 e. The smallest absolute Gasteiger partial charge is 0.277 e. The van der Waals surface area contributed by atoms with Crippen molar-refractivity contribution in [2.24, 2.45) is 0 Å². The van der Waals surface area contributed by atoms with Crippen LogP contribution in [-0.4, -0.2) is 13.0 Å². The molecule has 0 saturated heterocycles. The van der Waals surface area contributed by atoms with Crippen LogP contribution in [0.5, 0.6) is 0 Å². The van der Waals surface area contributed by atoms with E-state index in [1.807, 2.05) is 32.0 Å². The lowest BCUT2D eigenvalue weighted by atomic mass is 10.1. The van der Waals surface area contributed by atoms with Gasteiger partial charge in [0.05, 0.1) is 5.39 Å². The number of benzene rings is 1. The fourth-order valence-corrected chi connectivity index (χ4v) is 2.89. The average molecular weight is 252 g/mol. The van der Waals surface area contributed by atoms with Crippen LogP contribution in [0.1, 0.15) is 12.5 Å². The van der Waals surface area contributed by atoms with Crippen LogP contribution in [0.3, 0.4) is 0 Å². The van der Waals surface area contributed by atoms with Crippen molar-refractivity contribution in [2.45, 2.75) is 25.4 Å². The Bertz CT molecular complexity index is 677. The summed E-state index contributed by atoms with van der Waals surface area (Å²) in [6.07, 6.45) is 1.67.